The quantitative estimate of drug-likeness (QED) is 0.671. The van der Waals surface area contributed by atoms with E-state index in [1.165, 1.54) is 21.3 Å². The van der Waals surface area contributed by atoms with Crippen LogP contribution in [0.5, 0.6) is 17.2 Å². The fourth-order valence-corrected chi connectivity index (χ4v) is 4.05. The maximum atomic E-state index is 12.7. The molecule has 2 aliphatic rings. The maximum absolute atomic E-state index is 12.7. The summed E-state index contributed by atoms with van der Waals surface area (Å²) in [5, 5.41) is -0.455. The molecule has 8 nitrogen and oxygen atoms in total. The normalized spacial score (nSPS) is 18.2. The van der Waals surface area contributed by atoms with E-state index < -0.39 is 11.1 Å². The number of nitrogens with zero attached hydrogens (tertiary/aromatic N) is 2. The van der Waals surface area contributed by atoms with Gasteiger partial charge in [-0.15, -0.1) is 0 Å². The molecule has 28 heavy (non-hydrogen) atoms. The van der Waals surface area contributed by atoms with Gasteiger partial charge in [-0.05, 0) is 42.8 Å². The topological polar surface area (TPSA) is 85.4 Å². The van der Waals surface area contributed by atoms with Crippen LogP contribution >= 0.6 is 11.8 Å². The van der Waals surface area contributed by atoms with Gasteiger partial charge in [0.15, 0.2) is 11.5 Å². The average Bonchev–Trinajstić information content (AvgIpc) is 3.32. The Kier molecular flexibility index (Phi) is 6.13. The van der Waals surface area contributed by atoms with Crippen molar-refractivity contribution in [1.29, 1.82) is 0 Å². The Hall–Kier alpha value is -2.68. The van der Waals surface area contributed by atoms with Gasteiger partial charge in [0.25, 0.3) is 11.1 Å². The zero-order chi connectivity index (χ0) is 20.3. The number of methoxy groups -OCH3 is 3. The number of imide groups is 1. The number of amides is 3. The largest absolute Gasteiger partial charge is 0.493 e. The van der Waals surface area contributed by atoms with E-state index in [1.807, 2.05) is 0 Å². The van der Waals surface area contributed by atoms with Gasteiger partial charge in [-0.3, -0.25) is 19.3 Å². The summed E-state index contributed by atoms with van der Waals surface area (Å²) in [6.45, 7) is 1.12. The molecule has 0 radical (unpaired) electrons. The molecule has 0 bridgehead atoms. The Morgan fingerprint density at radius 2 is 1.75 bits per heavy atom. The number of rotatable bonds is 6. The minimum absolute atomic E-state index is 0.204. The number of carbonyl (C=O) groups excluding carboxylic acids is 3. The molecule has 3 amide bonds. The molecule has 0 unspecified atom stereocenters. The highest BCUT2D eigenvalue weighted by molar-refractivity contribution is 8.18. The predicted molar refractivity (Wildman–Crippen MR) is 105 cm³/mol. The van der Waals surface area contributed by atoms with Crippen LogP contribution in [0.2, 0.25) is 0 Å². The molecular formula is C19H22N2O6S. The van der Waals surface area contributed by atoms with Gasteiger partial charge in [0, 0.05) is 18.7 Å². The van der Waals surface area contributed by atoms with E-state index in [0.717, 1.165) is 29.5 Å². The number of likely N-dealkylation sites (tertiary alicyclic amines) is 1. The molecule has 0 aliphatic carbocycles. The molecule has 0 N–H and O–H groups in total. The van der Waals surface area contributed by atoms with Gasteiger partial charge in [-0.1, -0.05) is 0 Å². The molecule has 2 aliphatic heterocycles. The maximum Gasteiger partial charge on any atom is 0.294 e. The fourth-order valence-electron chi connectivity index (χ4n) is 3.22. The number of hydrogen-bond acceptors (Lipinski definition) is 7. The molecule has 2 saturated heterocycles. The van der Waals surface area contributed by atoms with Crippen LogP contribution in [0.3, 0.4) is 0 Å². The Bertz CT molecular complexity index is 832. The summed E-state index contributed by atoms with van der Waals surface area (Å²) in [7, 11) is 4.48. The molecule has 0 spiro atoms. The minimum Gasteiger partial charge on any atom is -0.493 e. The van der Waals surface area contributed by atoms with E-state index in [4.69, 9.17) is 14.2 Å². The monoisotopic (exact) mass is 406 g/mol. The van der Waals surface area contributed by atoms with Crippen LogP contribution in [0.4, 0.5) is 4.79 Å². The number of carbonyl (C=O) groups is 3. The summed E-state index contributed by atoms with van der Waals surface area (Å²) in [5.41, 5.74) is 0.566. The van der Waals surface area contributed by atoms with Crippen LogP contribution in [0.1, 0.15) is 18.4 Å². The first-order chi connectivity index (χ1) is 13.5. The number of benzene rings is 1. The predicted octanol–water partition coefficient (Wildman–Crippen LogP) is 2.37. The molecule has 150 valence electrons. The van der Waals surface area contributed by atoms with E-state index in [0.29, 0.717) is 35.9 Å². The third-order valence-electron chi connectivity index (χ3n) is 4.65. The second kappa shape index (κ2) is 8.55. The van der Waals surface area contributed by atoms with Crippen molar-refractivity contribution in [1.82, 2.24) is 9.80 Å². The number of hydrogen-bond donors (Lipinski definition) is 0. The average molecular weight is 406 g/mol. The lowest BCUT2D eigenvalue weighted by Crippen LogP contribution is -2.40. The minimum atomic E-state index is -0.487. The highest BCUT2D eigenvalue weighted by Gasteiger charge is 2.37. The summed E-state index contributed by atoms with van der Waals surface area (Å²) in [5.74, 6) is 0.578. The van der Waals surface area contributed by atoms with Crippen LogP contribution < -0.4 is 14.2 Å². The third kappa shape index (κ3) is 3.80. The second-order valence-corrected chi connectivity index (χ2v) is 7.27. The molecule has 3 rings (SSSR count). The Morgan fingerprint density at radius 3 is 2.36 bits per heavy atom. The van der Waals surface area contributed by atoms with E-state index in [-0.39, 0.29) is 17.4 Å². The Morgan fingerprint density at radius 1 is 1.07 bits per heavy atom. The zero-order valence-corrected chi connectivity index (χ0v) is 16.8. The van der Waals surface area contributed by atoms with Gasteiger partial charge >= 0.3 is 0 Å². The lowest BCUT2D eigenvalue weighted by Gasteiger charge is -2.18. The summed E-state index contributed by atoms with van der Waals surface area (Å²) in [6.07, 6.45) is 3.46. The number of thioether (sulfide) groups is 1. The second-order valence-electron chi connectivity index (χ2n) is 6.28. The highest BCUT2D eigenvalue weighted by Crippen LogP contribution is 2.42. The van der Waals surface area contributed by atoms with Crippen molar-refractivity contribution in [3.05, 3.63) is 22.6 Å². The first-order valence-corrected chi connectivity index (χ1v) is 9.64. The molecule has 0 atom stereocenters. The van der Waals surface area contributed by atoms with Crippen LogP contribution in [0.15, 0.2) is 17.0 Å². The standard InChI is InChI=1S/C19H22N2O6S/c1-25-13-7-6-12(16(26-2)17(13)27-3)10-14-18(23)21(19(24)28-14)11-15(22)20-8-4-5-9-20/h6-7,10H,4-5,8-9,11H2,1-3H3. The van der Waals surface area contributed by atoms with E-state index in [2.05, 4.69) is 0 Å². The van der Waals surface area contributed by atoms with E-state index in [1.54, 1.807) is 23.1 Å². The number of ether oxygens (including phenoxy) is 3. The van der Waals surface area contributed by atoms with Crippen molar-refractivity contribution in [3.63, 3.8) is 0 Å². The molecule has 2 heterocycles. The summed E-state index contributed by atoms with van der Waals surface area (Å²) in [4.78, 5) is 40.2. The van der Waals surface area contributed by atoms with E-state index >= 15 is 0 Å². The molecule has 0 aromatic heterocycles. The van der Waals surface area contributed by atoms with Crippen LogP contribution in [-0.4, -0.2) is 67.8 Å². The van der Waals surface area contributed by atoms with Crippen LogP contribution in [-0.2, 0) is 9.59 Å². The summed E-state index contributed by atoms with van der Waals surface area (Å²) in [6, 6.07) is 3.40. The first-order valence-electron chi connectivity index (χ1n) is 8.82. The van der Waals surface area contributed by atoms with Gasteiger partial charge in [0.1, 0.15) is 6.54 Å². The van der Waals surface area contributed by atoms with Crippen LogP contribution in [0.25, 0.3) is 6.08 Å². The van der Waals surface area contributed by atoms with Crippen molar-refractivity contribution in [2.24, 2.45) is 0 Å². The van der Waals surface area contributed by atoms with Gasteiger partial charge in [-0.2, -0.15) is 0 Å². The van der Waals surface area contributed by atoms with Gasteiger partial charge in [0.2, 0.25) is 11.7 Å². The Balaban J connectivity index is 1.84. The van der Waals surface area contributed by atoms with Crippen LogP contribution in [0, 0.1) is 0 Å². The van der Waals surface area contributed by atoms with Gasteiger partial charge < -0.3 is 19.1 Å². The molecule has 1 aromatic rings. The van der Waals surface area contributed by atoms with Gasteiger partial charge in [0.05, 0.1) is 26.2 Å². The fraction of sp³-hybridized carbons (Fsp3) is 0.421. The van der Waals surface area contributed by atoms with Crippen molar-refractivity contribution < 1.29 is 28.6 Å². The zero-order valence-electron chi connectivity index (χ0n) is 16.0. The SMILES string of the molecule is COc1ccc(C=C2SC(=O)N(CC(=O)N3CCCC3)C2=O)c(OC)c1OC. The van der Waals surface area contributed by atoms with E-state index in [9.17, 15) is 14.4 Å². The van der Waals surface area contributed by atoms with Crippen molar-refractivity contribution >= 4 is 34.9 Å². The first kappa shape index (κ1) is 20.1. The van der Waals surface area contributed by atoms with Crippen molar-refractivity contribution in [2.75, 3.05) is 41.0 Å². The third-order valence-corrected chi connectivity index (χ3v) is 5.55. The highest BCUT2D eigenvalue weighted by atomic mass is 32.2. The molecule has 9 heteroatoms. The molecular weight excluding hydrogens is 384 g/mol. The Labute approximate surface area is 167 Å². The van der Waals surface area contributed by atoms with Gasteiger partial charge in [-0.25, -0.2) is 0 Å². The molecule has 0 saturated carbocycles. The van der Waals surface area contributed by atoms with Crippen molar-refractivity contribution in [2.45, 2.75) is 12.8 Å². The summed E-state index contributed by atoms with van der Waals surface area (Å²) < 4.78 is 16.0. The molecule has 2 fully saturated rings. The van der Waals surface area contributed by atoms with Crippen molar-refractivity contribution in [3.8, 4) is 17.2 Å². The molecule has 1 aromatic carbocycles. The smallest absolute Gasteiger partial charge is 0.294 e. The summed E-state index contributed by atoms with van der Waals surface area (Å²) >= 11 is 0.804. The lowest BCUT2D eigenvalue weighted by atomic mass is 10.1. The lowest BCUT2D eigenvalue weighted by molar-refractivity contribution is -0.135.